The summed E-state index contributed by atoms with van der Waals surface area (Å²) < 4.78 is 0. The fraction of sp³-hybridized carbons (Fsp3) is 0.647. The van der Waals surface area contributed by atoms with Gasteiger partial charge in [-0.05, 0) is 30.4 Å². The summed E-state index contributed by atoms with van der Waals surface area (Å²) in [5.74, 6) is 0. The molecule has 2 heteroatoms. The minimum atomic E-state index is 0.361. The molecule has 0 aliphatic carbocycles. The van der Waals surface area contributed by atoms with Gasteiger partial charge in [0.15, 0.2) is 0 Å². The number of nitrogens with one attached hydrogen (secondary N) is 1. The molecule has 0 bridgehead atoms. The van der Waals surface area contributed by atoms with Crippen molar-refractivity contribution in [1.82, 2.24) is 10.2 Å². The van der Waals surface area contributed by atoms with Crippen LogP contribution in [0.5, 0.6) is 0 Å². The first-order valence-electron chi connectivity index (χ1n) is 7.56. The maximum atomic E-state index is 3.54. The average molecular weight is 260 g/mol. The largest absolute Gasteiger partial charge is 0.314 e. The summed E-state index contributed by atoms with van der Waals surface area (Å²) in [4.78, 5) is 2.68. The van der Waals surface area contributed by atoms with Gasteiger partial charge < -0.3 is 5.32 Å². The predicted octanol–water partition coefficient (Wildman–Crippen LogP) is 2.94. The van der Waals surface area contributed by atoms with Crippen LogP contribution >= 0.6 is 0 Å². The molecule has 1 aliphatic rings. The van der Waals surface area contributed by atoms with Crippen LogP contribution in [0.1, 0.15) is 32.8 Å². The highest BCUT2D eigenvalue weighted by Gasteiger charge is 2.31. The fourth-order valence-electron chi connectivity index (χ4n) is 3.00. The van der Waals surface area contributed by atoms with Crippen molar-refractivity contribution in [2.45, 2.75) is 39.7 Å². The molecule has 0 amide bonds. The van der Waals surface area contributed by atoms with Crippen molar-refractivity contribution in [3.05, 3.63) is 35.9 Å². The van der Waals surface area contributed by atoms with Crippen molar-refractivity contribution >= 4 is 0 Å². The van der Waals surface area contributed by atoms with Crippen molar-refractivity contribution in [1.29, 1.82) is 0 Å². The molecule has 19 heavy (non-hydrogen) atoms. The molecule has 1 aromatic carbocycles. The quantitative estimate of drug-likeness (QED) is 0.895. The molecule has 0 spiro atoms. The van der Waals surface area contributed by atoms with Crippen LogP contribution in [0.4, 0.5) is 0 Å². The summed E-state index contributed by atoms with van der Waals surface area (Å²) in [6.07, 6.45) is 2.46. The second-order valence-electron chi connectivity index (χ2n) is 6.71. The molecular weight excluding hydrogens is 232 g/mol. The molecule has 1 N–H and O–H groups in total. The van der Waals surface area contributed by atoms with E-state index in [0.717, 1.165) is 13.1 Å². The molecule has 106 valence electrons. The average Bonchev–Trinajstić information content (AvgIpc) is 2.39. The smallest absolute Gasteiger partial charge is 0.0269 e. The summed E-state index contributed by atoms with van der Waals surface area (Å²) in [5, 5.41) is 3.54. The van der Waals surface area contributed by atoms with Gasteiger partial charge in [-0.15, -0.1) is 0 Å². The zero-order valence-corrected chi connectivity index (χ0v) is 12.7. The molecular formula is C17H28N2. The van der Waals surface area contributed by atoms with E-state index in [9.17, 15) is 0 Å². The highest BCUT2D eigenvalue weighted by molar-refractivity contribution is 5.14. The van der Waals surface area contributed by atoms with E-state index in [1.165, 1.54) is 31.5 Å². The number of piperazine rings is 1. The number of rotatable bonds is 4. The van der Waals surface area contributed by atoms with E-state index in [2.05, 4.69) is 61.3 Å². The SMILES string of the molecule is CC(C)(C)C1CNCCN1CCCc1ccccc1. The Morgan fingerprint density at radius 2 is 1.95 bits per heavy atom. The first-order valence-corrected chi connectivity index (χ1v) is 7.56. The maximum absolute atomic E-state index is 3.54. The van der Waals surface area contributed by atoms with Crippen LogP contribution in [-0.2, 0) is 6.42 Å². The molecule has 0 radical (unpaired) electrons. The monoisotopic (exact) mass is 260 g/mol. The lowest BCUT2D eigenvalue weighted by Crippen LogP contribution is -2.56. The summed E-state index contributed by atoms with van der Waals surface area (Å²) in [5.41, 5.74) is 1.82. The Morgan fingerprint density at radius 3 is 2.63 bits per heavy atom. The number of aryl methyl sites for hydroxylation is 1. The van der Waals surface area contributed by atoms with E-state index >= 15 is 0 Å². The normalized spacial score (nSPS) is 21.5. The molecule has 2 nitrogen and oxygen atoms in total. The first kappa shape index (κ1) is 14.5. The third-order valence-electron chi connectivity index (χ3n) is 4.11. The molecule has 1 heterocycles. The van der Waals surface area contributed by atoms with Crippen LogP contribution in [0.2, 0.25) is 0 Å². The molecule has 1 saturated heterocycles. The molecule has 0 saturated carbocycles. The molecule has 1 aromatic rings. The van der Waals surface area contributed by atoms with Crippen molar-refractivity contribution < 1.29 is 0 Å². The third kappa shape index (κ3) is 4.32. The van der Waals surface area contributed by atoms with Gasteiger partial charge in [0.2, 0.25) is 0 Å². The molecule has 0 aromatic heterocycles. The van der Waals surface area contributed by atoms with Crippen molar-refractivity contribution in [2.24, 2.45) is 5.41 Å². The van der Waals surface area contributed by atoms with Crippen LogP contribution in [0.25, 0.3) is 0 Å². The van der Waals surface area contributed by atoms with Crippen LogP contribution in [-0.4, -0.2) is 37.1 Å². The third-order valence-corrected chi connectivity index (χ3v) is 4.11. The summed E-state index contributed by atoms with van der Waals surface area (Å²) in [6, 6.07) is 11.5. The van der Waals surface area contributed by atoms with Crippen LogP contribution in [0.15, 0.2) is 30.3 Å². The van der Waals surface area contributed by atoms with Crippen molar-refractivity contribution in [2.75, 3.05) is 26.2 Å². The second kappa shape index (κ2) is 6.53. The van der Waals surface area contributed by atoms with Gasteiger partial charge >= 0.3 is 0 Å². The summed E-state index contributed by atoms with van der Waals surface area (Å²) >= 11 is 0. The molecule has 1 atom stereocenters. The van der Waals surface area contributed by atoms with Gasteiger partial charge in [0.05, 0.1) is 0 Å². The van der Waals surface area contributed by atoms with E-state index in [1.807, 2.05) is 0 Å². The Morgan fingerprint density at radius 1 is 1.21 bits per heavy atom. The first-order chi connectivity index (χ1) is 9.07. The molecule has 1 unspecified atom stereocenters. The molecule has 2 rings (SSSR count). The van der Waals surface area contributed by atoms with Gasteiger partial charge in [0.1, 0.15) is 0 Å². The lowest BCUT2D eigenvalue weighted by atomic mass is 9.84. The number of hydrogen-bond donors (Lipinski definition) is 1. The summed E-state index contributed by atoms with van der Waals surface area (Å²) in [6.45, 7) is 11.8. The van der Waals surface area contributed by atoms with E-state index in [4.69, 9.17) is 0 Å². The molecule has 1 aliphatic heterocycles. The zero-order chi connectivity index (χ0) is 13.7. The van der Waals surface area contributed by atoms with E-state index in [0.29, 0.717) is 11.5 Å². The van der Waals surface area contributed by atoms with E-state index < -0.39 is 0 Å². The van der Waals surface area contributed by atoms with Crippen molar-refractivity contribution in [3.63, 3.8) is 0 Å². The van der Waals surface area contributed by atoms with Gasteiger partial charge in [-0.2, -0.15) is 0 Å². The van der Waals surface area contributed by atoms with Gasteiger partial charge in [-0.25, -0.2) is 0 Å². The van der Waals surface area contributed by atoms with E-state index in [1.54, 1.807) is 0 Å². The van der Waals surface area contributed by atoms with Crippen LogP contribution < -0.4 is 5.32 Å². The van der Waals surface area contributed by atoms with Crippen LogP contribution in [0.3, 0.4) is 0 Å². The highest BCUT2D eigenvalue weighted by atomic mass is 15.2. The maximum Gasteiger partial charge on any atom is 0.0269 e. The minimum Gasteiger partial charge on any atom is -0.314 e. The van der Waals surface area contributed by atoms with Gasteiger partial charge in [-0.3, -0.25) is 4.90 Å². The Balaban J connectivity index is 1.83. The number of nitrogens with zero attached hydrogens (tertiary/aromatic N) is 1. The zero-order valence-electron chi connectivity index (χ0n) is 12.7. The van der Waals surface area contributed by atoms with Crippen molar-refractivity contribution in [3.8, 4) is 0 Å². The lowest BCUT2D eigenvalue weighted by molar-refractivity contribution is 0.0746. The predicted molar refractivity (Wildman–Crippen MR) is 82.4 cm³/mol. The molecule has 1 fully saturated rings. The topological polar surface area (TPSA) is 15.3 Å². The highest BCUT2D eigenvalue weighted by Crippen LogP contribution is 2.25. The van der Waals surface area contributed by atoms with Crippen LogP contribution in [0, 0.1) is 5.41 Å². The Kier molecular flexibility index (Phi) is 5.00. The van der Waals surface area contributed by atoms with Gasteiger partial charge in [0.25, 0.3) is 0 Å². The Labute approximate surface area is 118 Å². The number of hydrogen-bond acceptors (Lipinski definition) is 2. The minimum absolute atomic E-state index is 0.361. The van der Waals surface area contributed by atoms with Gasteiger partial charge in [0, 0.05) is 25.7 Å². The Hall–Kier alpha value is -0.860. The second-order valence-corrected chi connectivity index (χ2v) is 6.71. The Bertz CT molecular complexity index is 367. The summed E-state index contributed by atoms with van der Waals surface area (Å²) in [7, 11) is 0. The standard InChI is InChI=1S/C17H28N2/c1-17(2,3)16-14-18-11-13-19(16)12-7-10-15-8-5-4-6-9-15/h4-6,8-9,16,18H,7,10-14H2,1-3H3. The fourth-order valence-corrected chi connectivity index (χ4v) is 3.00. The van der Waals surface area contributed by atoms with E-state index in [-0.39, 0.29) is 0 Å². The van der Waals surface area contributed by atoms with Gasteiger partial charge in [-0.1, -0.05) is 51.1 Å². The lowest BCUT2D eigenvalue weighted by Gasteiger charge is -2.43. The number of benzene rings is 1.